The number of hydrogen-bond acceptors (Lipinski definition) is 3. The van der Waals surface area contributed by atoms with E-state index >= 15 is 0 Å². The number of anilines is 1. The molecule has 1 amide bonds. The maximum atomic E-state index is 11.5. The molecule has 4 heteroatoms. The summed E-state index contributed by atoms with van der Waals surface area (Å²) in [4.78, 5) is 11.5. The largest absolute Gasteiger partial charge is 0.483 e. The third-order valence-electron chi connectivity index (χ3n) is 2.86. The first-order chi connectivity index (χ1) is 8.66. The molecular formula is C14H20N2O2. The quantitative estimate of drug-likeness (QED) is 0.856. The van der Waals surface area contributed by atoms with E-state index < -0.39 is 0 Å². The first kappa shape index (κ1) is 12.7. The Bertz CT molecular complexity index is 430. The Hall–Kier alpha value is -1.71. The highest BCUT2D eigenvalue weighted by Crippen LogP contribution is 2.30. The van der Waals surface area contributed by atoms with Crippen molar-refractivity contribution in [3.63, 3.8) is 0 Å². The molecule has 0 aliphatic carbocycles. The van der Waals surface area contributed by atoms with Crippen molar-refractivity contribution in [3.05, 3.63) is 23.8 Å². The fourth-order valence-corrected chi connectivity index (χ4v) is 2.12. The molecule has 4 nitrogen and oxygen atoms in total. The van der Waals surface area contributed by atoms with Gasteiger partial charge in [0.25, 0.3) is 5.91 Å². The summed E-state index contributed by atoms with van der Waals surface area (Å²) >= 11 is 0. The lowest BCUT2D eigenvalue weighted by atomic mass is 10.0. The summed E-state index contributed by atoms with van der Waals surface area (Å²) in [5.41, 5.74) is 2.31. The SMILES string of the molecule is CC(C)NC(=O)COc1cccc2c1CCCN2. The van der Waals surface area contributed by atoms with Crippen molar-refractivity contribution in [3.8, 4) is 5.75 Å². The van der Waals surface area contributed by atoms with Gasteiger partial charge in [-0.15, -0.1) is 0 Å². The molecule has 0 saturated heterocycles. The molecule has 98 valence electrons. The van der Waals surface area contributed by atoms with Gasteiger partial charge in [0.15, 0.2) is 6.61 Å². The van der Waals surface area contributed by atoms with Crippen LogP contribution >= 0.6 is 0 Å². The zero-order chi connectivity index (χ0) is 13.0. The molecule has 0 atom stereocenters. The monoisotopic (exact) mass is 248 g/mol. The van der Waals surface area contributed by atoms with Crippen LogP contribution in [0.4, 0.5) is 5.69 Å². The molecule has 0 spiro atoms. The number of rotatable bonds is 4. The van der Waals surface area contributed by atoms with Crippen molar-refractivity contribution in [1.82, 2.24) is 5.32 Å². The van der Waals surface area contributed by atoms with E-state index in [9.17, 15) is 4.79 Å². The summed E-state index contributed by atoms with van der Waals surface area (Å²) in [7, 11) is 0. The molecule has 1 aliphatic rings. The van der Waals surface area contributed by atoms with Gasteiger partial charge >= 0.3 is 0 Å². The zero-order valence-corrected chi connectivity index (χ0v) is 11.0. The summed E-state index contributed by atoms with van der Waals surface area (Å²) in [6.45, 7) is 4.96. The van der Waals surface area contributed by atoms with E-state index in [1.54, 1.807) is 0 Å². The zero-order valence-electron chi connectivity index (χ0n) is 11.0. The van der Waals surface area contributed by atoms with Gasteiger partial charge in [-0.2, -0.15) is 0 Å². The number of fused-ring (bicyclic) bond motifs is 1. The van der Waals surface area contributed by atoms with E-state index in [0.29, 0.717) is 0 Å². The summed E-state index contributed by atoms with van der Waals surface area (Å²) < 4.78 is 5.62. The molecular weight excluding hydrogens is 228 g/mol. The minimum atomic E-state index is -0.0774. The Kier molecular flexibility index (Phi) is 4.07. The second kappa shape index (κ2) is 5.76. The number of hydrogen-bond donors (Lipinski definition) is 2. The molecule has 0 bridgehead atoms. The number of carbonyl (C=O) groups excluding carboxylic acids is 1. The minimum absolute atomic E-state index is 0.0774. The number of nitrogens with one attached hydrogen (secondary N) is 2. The summed E-state index contributed by atoms with van der Waals surface area (Å²) in [5, 5.41) is 6.16. The third kappa shape index (κ3) is 3.15. The van der Waals surface area contributed by atoms with Gasteiger partial charge in [0.05, 0.1) is 0 Å². The van der Waals surface area contributed by atoms with Crippen LogP contribution in [0.3, 0.4) is 0 Å². The third-order valence-corrected chi connectivity index (χ3v) is 2.86. The maximum absolute atomic E-state index is 11.5. The predicted octanol–water partition coefficient (Wildman–Crippen LogP) is 1.95. The van der Waals surface area contributed by atoms with Crippen molar-refractivity contribution in [2.45, 2.75) is 32.7 Å². The highest BCUT2D eigenvalue weighted by molar-refractivity contribution is 5.77. The first-order valence-electron chi connectivity index (χ1n) is 6.44. The van der Waals surface area contributed by atoms with Crippen LogP contribution in [0.15, 0.2) is 18.2 Å². The molecule has 1 aromatic rings. The Morgan fingerprint density at radius 1 is 1.50 bits per heavy atom. The Labute approximate surface area is 108 Å². The lowest BCUT2D eigenvalue weighted by Crippen LogP contribution is -2.34. The summed E-state index contributed by atoms with van der Waals surface area (Å²) in [5.74, 6) is 0.741. The van der Waals surface area contributed by atoms with Gasteiger partial charge in [-0.3, -0.25) is 4.79 Å². The van der Waals surface area contributed by atoms with Crippen molar-refractivity contribution < 1.29 is 9.53 Å². The van der Waals surface area contributed by atoms with E-state index in [0.717, 1.165) is 30.8 Å². The molecule has 0 saturated carbocycles. The smallest absolute Gasteiger partial charge is 0.258 e. The first-order valence-corrected chi connectivity index (χ1v) is 6.44. The van der Waals surface area contributed by atoms with E-state index in [4.69, 9.17) is 4.74 Å². The Morgan fingerprint density at radius 2 is 2.33 bits per heavy atom. The van der Waals surface area contributed by atoms with Gasteiger partial charge < -0.3 is 15.4 Å². The summed E-state index contributed by atoms with van der Waals surface area (Å²) in [6.07, 6.45) is 2.11. The van der Waals surface area contributed by atoms with Gasteiger partial charge in [-0.1, -0.05) is 6.07 Å². The van der Waals surface area contributed by atoms with Crippen molar-refractivity contribution in [2.75, 3.05) is 18.5 Å². The van der Waals surface area contributed by atoms with Crippen molar-refractivity contribution >= 4 is 11.6 Å². The molecule has 0 fully saturated rings. The predicted molar refractivity (Wildman–Crippen MR) is 72.0 cm³/mol. The Balaban J connectivity index is 1.99. The van der Waals surface area contributed by atoms with Gasteiger partial charge in [0.1, 0.15) is 5.75 Å². The van der Waals surface area contributed by atoms with Crippen LogP contribution in [0.2, 0.25) is 0 Å². The van der Waals surface area contributed by atoms with E-state index in [2.05, 4.69) is 16.7 Å². The number of amides is 1. The van der Waals surface area contributed by atoms with Crippen LogP contribution in [0.25, 0.3) is 0 Å². The number of benzene rings is 1. The van der Waals surface area contributed by atoms with Gasteiger partial charge in [-0.05, 0) is 38.8 Å². The van der Waals surface area contributed by atoms with Crippen molar-refractivity contribution in [2.24, 2.45) is 0 Å². The van der Waals surface area contributed by atoms with Crippen LogP contribution in [-0.2, 0) is 11.2 Å². The second-order valence-corrected chi connectivity index (χ2v) is 4.82. The van der Waals surface area contributed by atoms with Crippen LogP contribution < -0.4 is 15.4 Å². The normalized spacial score (nSPS) is 13.7. The molecule has 0 radical (unpaired) electrons. The average molecular weight is 248 g/mol. The fourth-order valence-electron chi connectivity index (χ4n) is 2.12. The van der Waals surface area contributed by atoms with Gasteiger partial charge in [0.2, 0.25) is 0 Å². The lowest BCUT2D eigenvalue weighted by Gasteiger charge is -2.21. The molecule has 1 aromatic carbocycles. The van der Waals surface area contributed by atoms with Crippen LogP contribution in [0.5, 0.6) is 5.75 Å². The van der Waals surface area contributed by atoms with Gasteiger partial charge in [-0.25, -0.2) is 0 Å². The van der Waals surface area contributed by atoms with Crippen LogP contribution in [-0.4, -0.2) is 25.1 Å². The van der Waals surface area contributed by atoms with Crippen molar-refractivity contribution in [1.29, 1.82) is 0 Å². The maximum Gasteiger partial charge on any atom is 0.258 e. The number of ether oxygens (including phenoxy) is 1. The van der Waals surface area contributed by atoms with E-state index in [1.807, 2.05) is 26.0 Å². The standard InChI is InChI=1S/C14H20N2O2/c1-10(2)16-14(17)9-18-13-7-3-6-12-11(13)5-4-8-15-12/h3,6-7,10,15H,4-5,8-9H2,1-2H3,(H,16,17). The Morgan fingerprint density at radius 3 is 3.11 bits per heavy atom. The molecule has 1 aliphatic heterocycles. The average Bonchev–Trinajstić information content (AvgIpc) is 2.35. The van der Waals surface area contributed by atoms with Crippen LogP contribution in [0, 0.1) is 0 Å². The highest BCUT2D eigenvalue weighted by Gasteiger charge is 2.14. The molecule has 2 N–H and O–H groups in total. The van der Waals surface area contributed by atoms with E-state index in [1.165, 1.54) is 5.56 Å². The van der Waals surface area contributed by atoms with E-state index in [-0.39, 0.29) is 18.6 Å². The van der Waals surface area contributed by atoms with Gasteiger partial charge in [0, 0.05) is 23.8 Å². The van der Waals surface area contributed by atoms with Crippen LogP contribution in [0.1, 0.15) is 25.8 Å². The summed E-state index contributed by atoms with van der Waals surface area (Å²) in [6, 6.07) is 6.07. The highest BCUT2D eigenvalue weighted by atomic mass is 16.5. The second-order valence-electron chi connectivity index (χ2n) is 4.82. The lowest BCUT2D eigenvalue weighted by molar-refractivity contribution is -0.123. The fraction of sp³-hybridized carbons (Fsp3) is 0.500. The molecule has 1 heterocycles. The molecule has 0 unspecified atom stereocenters. The number of carbonyl (C=O) groups is 1. The molecule has 2 rings (SSSR count). The topological polar surface area (TPSA) is 50.4 Å². The molecule has 18 heavy (non-hydrogen) atoms. The minimum Gasteiger partial charge on any atom is -0.483 e. The molecule has 0 aromatic heterocycles.